The summed E-state index contributed by atoms with van der Waals surface area (Å²) in [5.41, 5.74) is 6.04. The summed E-state index contributed by atoms with van der Waals surface area (Å²) in [7, 11) is 0. The lowest BCUT2D eigenvalue weighted by Crippen LogP contribution is -2.18. The van der Waals surface area contributed by atoms with Crippen LogP contribution >= 0.6 is 11.8 Å². The lowest BCUT2D eigenvalue weighted by atomic mass is 10.0. The fourth-order valence-corrected chi connectivity index (χ4v) is 2.38. The monoisotopic (exact) mass is 295 g/mol. The molecule has 0 saturated carbocycles. The average molecular weight is 295 g/mol. The second-order valence-electron chi connectivity index (χ2n) is 4.70. The van der Waals surface area contributed by atoms with Crippen molar-refractivity contribution in [2.75, 3.05) is 0 Å². The molecule has 0 aliphatic carbocycles. The molecule has 1 aromatic heterocycles. The molecule has 0 bridgehead atoms. The Kier molecular flexibility index (Phi) is 5.14. The quantitative estimate of drug-likeness (QED) is 0.826. The molecule has 0 radical (unpaired) electrons. The first-order chi connectivity index (χ1) is 9.60. The number of thioether (sulfide) groups is 1. The molecule has 1 heterocycles. The number of halogens is 1. The second-order valence-corrected chi connectivity index (χ2v) is 5.75. The molecule has 0 amide bonds. The van der Waals surface area contributed by atoms with Crippen LogP contribution in [0, 0.1) is 11.7 Å². The molecular formula is C14H18FN3OS. The molecule has 1 aromatic carbocycles. The Morgan fingerprint density at radius 2 is 2.05 bits per heavy atom. The largest absolute Gasteiger partial charge is 0.338 e. The first-order valence-electron chi connectivity index (χ1n) is 6.56. The van der Waals surface area contributed by atoms with E-state index in [4.69, 9.17) is 10.3 Å². The summed E-state index contributed by atoms with van der Waals surface area (Å²) in [6.07, 6.45) is 0.962. The molecule has 0 spiro atoms. The molecule has 0 aliphatic rings. The van der Waals surface area contributed by atoms with Gasteiger partial charge < -0.3 is 10.3 Å². The van der Waals surface area contributed by atoms with Crippen LogP contribution in [-0.2, 0) is 5.75 Å². The third-order valence-corrected chi connectivity index (χ3v) is 4.22. The van der Waals surface area contributed by atoms with Crippen LogP contribution in [0.4, 0.5) is 4.39 Å². The zero-order chi connectivity index (χ0) is 14.5. The number of aromatic nitrogens is 2. The van der Waals surface area contributed by atoms with Crippen molar-refractivity contribution in [3.63, 3.8) is 0 Å². The van der Waals surface area contributed by atoms with Crippen molar-refractivity contribution in [2.24, 2.45) is 11.7 Å². The maximum Gasteiger partial charge on any atom is 0.243 e. The van der Waals surface area contributed by atoms with Crippen LogP contribution in [0.25, 0.3) is 0 Å². The predicted octanol–water partition coefficient (Wildman–Crippen LogP) is 3.55. The summed E-state index contributed by atoms with van der Waals surface area (Å²) in [4.78, 5) is 5.28. The van der Waals surface area contributed by atoms with Crippen LogP contribution in [0.15, 0.2) is 33.7 Å². The molecule has 2 N–H and O–H groups in total. The van der Waals surface area contributed by atoms with Crippen LogP contribution in [-0.4, -0.2) is 10.1 Å². The normalized spacial score (nSPS) is 14.2. The molecule has 0 fully saturated rings. The zero-order valence-corrected chi connectivity index (χ0v) is 12.4. The second kappa shape index (κ2) is 6.85. The number of nitrogens with two attached hydrogens (primary N) is 1. The number of rotatable bonds is 6. The number of nitrogens with zero attached hydrogens (tertiary/aromatic N) is 2. The van der Waals surface area contributed by atoms with Crippen LogP contribution in [0.5, 0.6) is 0 Å². The molecular weight excluding hydrogens is 277 g/mol. The molecule has 6 heteroatoms. The minimum Gasteiger partial charge on any atom is -0.338 e. The van der Waals surface area contributed by atoms with Gasteiger partial charge in [0.2, 0.25) is 5.89 Å². The molecule has 20 heavy (non-hydrogen) atoms. The maximum absolute atomic E-state index is 12.8. The summed E-state index contributed by atoms with van der Waals surface area (Å²) >= 11 is 1.53. The van der Waals surface area contributed by atoms with E-state index in [0.717, 1.165) is 11.3 Å². The Hall–Kier alpha value is -1.40. The lowest BCUT2D eigenvalue weighted by molar-refractivity contribution is 0.311. The highest BCUT2D eigenvalue weighted by Crippen LogP contribution is 2.24. The van der Waals surface area contributed by atoms with Crippen molar-refractivity contribution in [3.05, 3.63) is 41.8 Å². The Morgan fingerprint density at radius 3 is 2.70 bits per heavy atom. The van der Waals surface area contributed by atoms with Crippen molar-refractivity contribution >= 4 is 11.8 Å². The Bertz CT molecular complexity index is 544. The van der Waals surface area contributed by atoms with Crippen molar-refractivity contribution in [2.45, 2.75) is 37.0 Å². The van der Waals surface area contributed by atoms with Crippen LogP contribution in [0.1, 0.15) is 38.0 Å². The average Bonchev–Trinajstić information content (AvgIpc) is 2.94. The van der Waals surface area contributed by atoms with Gasteiger partial charge in [-0.2, -0.15) is 4.98 Å². The van der Waals surface area contributed by atoms with Crippen LogP contribution < -0.4 is 5.73 Å². The minimum atomic E-state index is -0.240. The summed E-state index contributed by atoms with van der Waals surface area (Å²) in [5, 5.41) is 3.93. The molecule has 0 saturated heterocycles. The van der Waals surface area contributed by atoms with Gasteiger partial charge >= 0.3 is 0 Å². The lowest BCUT2D eigenvalue weighted by Gasteiger charge is -2.12. The molecule has 4 nitrogen and oxygen atoms in total. The van der Waals surface area contributed by atoms with Crippen molar-refractivity contribution in [1.29, 1.82) is 0 Å². The van der Waals surface area contributed by atoms with Gasteiger partial charge in [-0.05, 0) is 30.2 Å². The van der Waals surface area contributed by atoms with Gasteiger partial charge in [-0.15, -0.1) is 11.8 Å². The Morgan fingerprint density at radius 1 is 1.35 bits per heavy atom. The van der Waals surface area contributed by atoms with E-state index in [2.05, 4.69) is 24.0 Å². The molecule has 0 unspecified atom stereocenters. The third-order valence-electron chi connectivity index (χ3n) is 3.21. The first kappa shape index (κ1) is 15.0. The Labute approximate surface area is 121 Å². The molecule has 2 aromatic rings. The fourth-order valence-electron chi connectivity index (χ4n) is 1.64. The van der Waals surface area contributed by atoms with Gasteiger partial charge in [0.05, 0.1) is 11.8 Å². The van der Waals surface area contributed by atoms with Gasteiger partial charge in [0.25, 0.3) is 0 Å². The minimum absolute atomic E-state index is 0.225. The number of benzene rings is 1. The zero-order valence-electron chi connectivity index (χ0n) is 11.5. The topological polar surface area (TPSA) is 64.9 Å². The Balaban J connectivity index is 1.94. The van der Waals surface area contributed by atoms with Gasteiger partial charge in [0.1, 0.15) is 5.82 Å². The van der Waals surface area contributed by atoms with E-state index in [1.807, 2.05) is 0 Å². The summed E-state index contributed by atoms with van der Waals surface area (Å²) < 4.78 is 18.0. The molecule has 0 aliphatic heterocycles. The van der Waals surface area contributed by atoms with Crippen LogP contribution in [0.3, 0.4) is 0 Å². The van der Waals surface area contributed by atoms with Gasteiger partial charge in [-0.3, -0.25) is 0 Å². The summed E-state index contributed by atoms with van der Waals surface area (Å²) in [6.45, 7) is 4.13. The molecule has 2 rings (SSSR count). The molecule has 108 valence electrons. The van der Waals surface area contributed by atoms with Crippen molar-refractivity contribution in [1.82, 2.24) is 10.1 Å². The van der Waals surface area contributed by atoms with Crippen molar-refractivity contribution < 1.29 is 8.91 Å². The van der Waals surface area contributed by atoms with Gasteiger partial charge in [0.15, 0.2) is 5.82 Å². The van der Waals surface area contributed by atoms with E-state index < -0.39 is 0 Å². The highest BCUT2D eigenvalue weighted by Gasteiger charge is 2.19. The van der Waals surface area contributed by atoms with Crippen LogP contribution in [0.2, 0.25) is 0 Å². The van der Waals surface area contributed by atoms with E-state index in [1.165, 1.54) is 23.9 Å². The standard InChI is InChI=1S/C14H18FN3OS/c1-3-9(2)13(16)14-17-12(18-19-14)8-20-11-6-4-10(15)5-7-11/h4-7,9,13H,3,8,16H2,1-2H3/t9-,13-/m0/s1. The highest BCUT2D eigenvalue weighted by molar-refractivity contribution is 7.98. The highest BCUT2D eigenvalue weighted by atomic mass is 32.2. The van der Waals surface area contributed by atoms with Gasteiger partial charge in [-0.1, -0.05) is 25.4 Å². The smallest absolute Gasteiger partial charge is 0.243 e. The number of hydrogen-bond acceptors (Lipinski definition) is 5. The number of hydrogen-bond donors (Lipinski definition) is 1. The first-order valence-corrected chi connectivity index (χ1v) is 7.55. The summed E-state index contributed by atoms with van der Waals surface area (Å²) in [5.74, 6) is 1.72. The molecule has 2 atom stereocenters. The van der Waals surface area contributed by atoms with E-state index in [-0.39, 0.29) is 11.9 Å². The van der Waals surface area contributed by atoms with E-state index in [9.17, 15) is 4.39 Å². The maximum atomic E-state index is 12.8. The SMILES string of the molecule is CC[C@H](C)[C@H](N)c1nc(CSc2ccc(F)cc2)no1. The van der Waals surface area contributed by atoms with E-state index >= 15 is 0 Å². The summed E-state index contributed by atoms with van der Waals surface area (Å²) in [6, 6.07) is 6.10. The van der Waals surface area contributed by atoms with Gasteiger partial charge in [0, 0.05) is 4.90 Å². The fraction of sp³-hybridized carbons (Fsp3) is 0.429. The van der Waals surface area contributed by atoms with Crippen molar-refractivity contribution in [3.8, 4) is 0 Å². The van der Waals surface area contributed by atoms with E-state index in [1.54, 1.807) is 12.1 Å². The van der Waals surface area contributed by atoms with E-state index in [0.29, 0.717) is 23.4 Å². The van der Waals surface area contributed by atoms with Gasteiger partial charge in [-0.25, -0.2) is 4.39 Å². The predicted molar refractivity (Wildman–Crippen MR) is 76.6 cm³/mol. The third kappa shape index (κ3) is 3.80.